The van der Waals surface area contributed by atoms with Crippen LogP contribution in [0.2, 0.25) is 5.02 Å². The van der Waals surface area contributed by atoms with Gasteiger partial charge in [0.2, 0.25) is 0 Å². The minimum Gasteiger partial charge on any atom is -0.496 e. The number of nitrogens with one attached hydrogen (secondary N) is 1. The average Bonchev–Trinajstić information content (AvgIpc) is 3.17. The van der Waals surface area contributed by atoms with Crippen molar-refractivity contribution < 1.29 is 27.4 Å². The highest BCUT2D eigenvalue weighted by molar-refractivity contribution is 6.30. The summed E-state index contributed by atoms with van der Waals surface area (Å²) in [5, 5.41) is 6.95. The van der Waals surface area contributed by atoms with Crippen molar-refractivity contribution in [3.8, 4) is 11.5 Å². The predicted octanol–water partition coefficient (Wildman–Crippen LogP) is 5.27. The van der Waals surface area contributed by atoms with Crippen LogP contribution in [0.15, 0.2) is 48.5 Å². The number of benzene rings is 2. The van der Waals surface area contributed by atoms with Gasteiger partial charge in [-0.1, -0.05) is 11.6 Å². The number of aryl methyl sites for hydroxylation is 2. The molecular weight excluding hydrogens is 459 g/mol. The van der Waals surface area contributed by atoms with Crippen molar-refractivity contribution in [2.75, 3.05) is 13.7 Å². The fourth-order valence-corrected chi connectivity index (χ4v) is 3.26. The van der Waals surface area contributed by atoms with E-state index in [1.807, 2.05) is 0 Å². The highest BCUT2D eigenvalue weighted by Crippen LogP contribution is 2.28. The molecule has 0 bridgehead atoms. The molecule has 0 spiro atoms. The van der Waals surface area contributed by atoms with Crippen LogP contribution in [0, 0.1) is 6.92 Å². The van der Waals surface area contributed by atoms with E-state index in [-0.39, 0.29) is 25.6 Å². The van der Waals surface area contributed by atoms with E-state index < -0.39 is 11.9 Å². The van der Waals surface area contributed by atoms with Gasteiger partial charge in [-0.3, -0.25) is 9.48 Å². The molecule has 6 nitrogen and oxygen atoms in total. The Hall–Kier alpha value is -3.20. The zero-order valence-electron chi connectivity index (χ0n) is 18.1. The summed E-state index contributed by atoms with van der Waals surface area (Å²) in [5.74, 6) is 0.896. The van der Waals surface area contributed by atoms with Crippen molar-refractivity contribution in [3.63, 3.8) is 0 Å². The van der Waals surface area contributed by atoms with Crippen LogP contribution in [-0.4, -0.2) is 29.3 Å². The van der Waals surface area contributed by atoms with Crippen LogP contribution in [0.25, 0.3) is 0 Å². The lowest BCUT2D eigenvalue weighted by Crippen LogP contribution is -2.25. The lowest BCUT2D eigenvalue weighted by atomic mass is 10.1. The molecule has 1 N–H and O–H groups in total. The summed E-state index contributed by atoms with van der Waals surface area (Å²) in [6.45, 7) is 2.28. The predicted molar refractivity (Wildman–Crippen MR) is 118 cm³/mol. The fourth-order valence-electron chi connectivity index (χ4n) is 3.13. The summed E-state index contributed by atoms with van der Waals surface area (Å²) in [4.78, 5) is 12.5. The van der Waals surface area contributed by atoms with Crippen LogP contribution in [0.1, 0.15) is 33.7 Å². The van der Waals surface area contributed by atoms with Gasteiger partial charge in [0.05, 0.1) is 7.11 Å². The van der Waals surface area contributed by atoms with Crippen molar-refractivity contribution in [1.29, 1.82) is 0 Å². The number of alkyl halides is 3. The summed E-state index contributed by atoms with van der Waals surface area (Å²) in [6.07, 6.45) is -4.05. The van der Waals surface area contributed by atoms with Gasteiger partial charge in [-0.15, -0.1) is 0 Å². The maximum absolute atomic E-state index is 12.8. The van der Waals surface area contributed by atoms with Crippen molar-refractivity contribution in [3.05, 3.63) is 76.1 Å². The molecule has 0 fully saturated rings. The molecule has 0 unspecified atom stereocenters. The Morgan fingerprint density at radius 2 is 1.88 bits per heavy atom. The van der Waals surface area contributed by atoms with Gasteiger partial charge in [0.1, 0.15) is 18.1 Å². The molecular formula is C23H23ClF3N3O3. The quantitative estimate of drug-likeness (QED) is 0.423. The first-order valence-corrected chi connectivity index (χ1v) is 10.5. The SMILES string of the molecule is COc1ccc(C(=O)NCCCn2nc(C(F)(F)F)cc2C)cc1COc1ccc(Cl)cc1. The van der Waals surface area contributed by atoms with Crippen molar-refractivity contribution in [2.24, 2.45) is 0 Å². The zero-order valence-corrected chi connectivity index (χ0v) is 18.8. The molecule has 1 aromatic heterocycles. The molecule has 0 saturated heterocycles. The third kappa shape index (κ3) is 6.64. The molecule has 33 heavy (non-hydrogen) atoms. The number of carbonyl (C=O) groups is 1. The Balaban J connectivity index is 1.55. The molecule has 0 aliphatic rings. The molecule has 1 amide bonds. The lowest BCUT2D eigenvalue weighted by molar-refractivity contribution is -0.141. The van der Waals surface area contributed by atoms with Gasteiger partial charge in [-0.05, 0) is 61.9 Å². The van der Waals surface area contributed by atoms with Crippen LogP contribution >= 0.6 is 11.6 Å². The lowest BCUT2D eigenvalue weighted by Gasteiger charge is -2.13. The molecule has 2 aromatic carbocycles. The highest BCUT2D eigenvalue weighted by Gasteiger charge is 2.34. The van der Waals surface area contributed by atoms with Gasteiger partial charge in [-0.2, -0.15) is 18.3 Å². The van der Waals surface area contributed by atoms with Crippen LogP contribution in [0.5, 0.6) is 11.5 Å². The Morgan fingerprint density at radius 3 is 2.52 bits per heavy atom. The minimum atomic E-state index is -4.48. The minimum absolute atomic E-state index is 0.187. The number of halogens is 4. The molecule has 3 rings (SSSR count). The maximum atomic E-state index is 12.8. The van der Waals surface area contributed by atoms with Gasteiger partial charge < -0.3 is 14.8 Å². The number of amides is 1. The summed E-state index contributed by atoms with van der Waals surface area (Å²) >= 11 is 5.88. The third-order valence-electron chi connectivity index (χ3n) is 4.85. The molecule has 10 heteroatoms. The molecule has 0 saturated carbocycles. The second-order valence-corrected chi connectivity index (χ2v) is 7.71. The van der Waals surface area contributed by atoms with Crippen LogP contribution in [0.3, 0.4) is 0 Å². The maximum Gasteiger partial charge on any atom is 0.435 e. The molecule has 0 aliphatic carbocycles. The Morgan fingerprint density at radius 1 is 1.15 bits per heavy atom. The van der Waals surface area contributed by atoms with Crippen molar-refractivity contribution in [2.45, 2.75) is 32.7 Å². The smallest absolute Gasteiger partial charge is 0.435 e. The number of methoxy groups -OCH3 is 1. The van der Waals surface area contributed by atoms with E-state index >= 15 is 0 Å². The Bertz CT molecular complexity index is 1100. The molecule has 3 aromatic rings. The second kappa shape index (κ2) is 10.6. The molecule has 0 radical (unpaired) electrons. The first-order chi connectivity index (χ1) is 15.7. The standard InChI is InChI=1S/C23H23ClF3N3O3/c1-15-12-21(23(25,26)27)29-30(15)11-3-10-28-22(31)16-4-9-20(32-2)17(13-16)14-33-19-7-5-18(24)6-8-19/h4-9,12-13H,3,10-11,14H2,1-2H3,(H,28,31). The Labute approximate surface area is 194 Å². The van der Waals surface area contributed by atoms with E-state index in [9.17, 15) is 18.0 Å². The monoisotopic (exact) mass is 481 g/mol. The van der Waals surface area contributed by atoms with Gasteiger partial charge in [-0.25, -0.2) is 0 Å². The van der Waals surface area contributed by atoms with Gasteiger partial charge in [0.25, 0.3) is 5.91 Å². The van der Waals surface area contributed by atoms with E-state index in [0.717, 1.165) is 6.07 Å². The average molecular weight is 482 g/mol. The van der Waals surface area contributed by atoms with E-state index in [4.69, 9.17) is 21.1 Å². The second-order valence-electron chi connectivity index (χ2n) is 7.27. The zero-order chi connectivity index (χ0) is 24.0. The third-order valence-corrected chi connectivity index (χ3v) is 5.11. The molecule has 176 valence electrons. The number of aromatic nitrogens is 2. The number of carbonyl (C=O) groups excluding carboxylic acids is 1. The summed E-state index contributed by atoms with van der Waals surface area (Å²) in [5.41, 5.74) is 0.594. The van der Waals surface area contributed by atoms with Crippen LogP contribution in [0.4, 0.5) is 13.2 Å². The largest absolute Gasteiger partial charge is 0.496 e. The van der Waals surface area contributed by atoms with Crippen molar-refractivity contribution in [1.82, 2.24) is 15.1 Å². The number of nitrogens with zero attached hydrogens (tertiary/aromatic N) is 2. The number of ether oxygens (including phenoxy) is 2. The van der Waals surface area contributed by atoms with E-state index in [0.29, 0.717) is 39.8 Å². The van der Waals surface area contributed by atoms with E-state index in [1.165, 1.54) is 11.8 Å². The summed E-state index contributed by atoms with van der Waals surface area (Å²) < 4.78 is 50.7. The topological polar surface area (TPSA) is 65.4 Å². The van der Waals surface area contributed by atoms with E-state index in [1.54, 1.807) is 49.4 Å². The van der Waals surface area contributed by atoms with Crippen molar-refractivity contribution >= 4 is 17.5 Å². The molecule has 0 atom stereocenters. The number of rotatable bonds is 9. The number of hydrogen-bond acceptors (Lipinski definition) is 4. The Kier molecular flexibility index (Phi) is 7.86. The normalized spacial score (nSPS) is 11.3. The fraction of sp³-hybridized carbons (Fsp3) is 0.304. The van der Waals surface area contributed by atoms with Gasteiger partial charge in [0.15, 0.2) is 5.69 Å². The first kappa shape index (κ1) is 24.4. The van der Waals surface area contributed by atoms with Crippen LogP contribution < -0.4 is 14.8 Å². The molecule has 0 aliphatic heterocycles. The summed E-state index contributed by atoms with van der Waals surface area (Å²) in [7, 11) is 1.53. The molecule has 1 heterocycles. The summed E-state index contributed by atoms with van der Waals surface area (Å²) in [6, 6.07) is 12.9. The van der Waals surface area contributed by atoms with E-state index in [2.05, 4.69) is 10.4 Å². The van der Waals surface area contributed by atoms with Gasteiger partial charge >= 0.3 is 6.18 Å². The van der Waals surface area contributed by atoms with Gasteiger partial charge in [0, 0.05) is 34.9 Å². The first-order valence-electron chi connectivity index (χ1n) is 10.1. The highest BCUT2D eigenvalue weighted by atomic mass is 35.5. The number of hydrogen-bond donors (Lipinski definition) is 1. The van der Waals surface area contributed by atoms with Crippen LogP contribution in [-0.2, 0) is 19.3 Å².